The van der Waals surface area contributed by atoms with Crippen LogP contribution in [0.4, 0.5) is 0 Å². The van der Waals surface area contributed by atoms with Crippen molar-refractivity contribution >= 4 is 11.0 Å². The Hall–Kier alpha value is -1.62. The van der Waals surface area contributed by atoms with Gasteiger partial charge in [0.2, 0.25) is 0 Å². The number of hydrogen-bond donors (Lipinski definition) is 1. The maximum absolute atomic E-state index is 9.30. The Kier molecular flexibility index (Phi) is 2.82. The summed E-state index contributed by atoms with van der Waals surface area (Å²) >= 11 is 0. The van der Waals surface area contributed by atoms with Crippen LogP contribution < -0.4 is 4.84 Å². The molecule has 1 aromatic heterocycles. The van der Waals surface area contributed by atoms with Gasteiger partial charge in [-0.1, -0.05) is 19.1 Å². The molecule has 0 spiro atoms. The van der Waals surface area contributed by atoms with Gasteiger partial charge in [0.05, 0.1) is 6.10 Å². The van der Waals surface area contributed by atoms with Crippen LogP contribution in [0.2, 0.25) is 0 Å². The molecule has 0 radical (unpaired) electrons. The normalized spacial score (nSPS) is 12.9. The van der Waals surface area contributed by atoms with Gasteiger partial charge in [-0.2, -0.15) is 0 Å². The summed E-state index contributed by atoms with van der Waals surface area (Å²) in [6, 6.07) is 7.50. The first kappa shape index (κ1) is 9.92. The van der Waals surface area contributed by atoms with Crippen molar-refractivity contribution < 1.29 is 9.94 Å². The second-order valence-corrected chi connectivity index (χ2v) is 3.30. The number of hydrogen-bond acceptors (Lipinski definition) is 4. The summed E-state index contributed by atoms with van der Waals surface area (Å²) in [4.78, 5) is 6.34. The Morgan fingerprint density at radius 3 is 2.47 bits per heavy atom. The second-order valence-electron chi connectivity index (χ2n) is 3.30. The van der Waals surface area contributed by atoms with Crippen LogP contribution in [-0.2, 0) is 0 Å². The maximum Gasteiger partial charge on any atom is 0.144 e. The minimum Gasteiger partial charge on any atom is -0.389 e. The highest BCUT2D eigenvalue weighted by Gasteiger charge is 2.04. The Labute approximate surface area is 87.2 Å². The van der Waals surface area contributed by atoms with Crippen molar-refractivity contribution in [1.82, 2.24) is 15.2 Å². The summed E-state index contributed by atoms with van der Waals surface area (Å²) in [6.07, 6.45) is 0.181. The zero-order valence-electron chi connectivity index (χ0n) is 8.50. The van der Waals surface area contributed by atoms with Crippen LogP contribution in [0, 0.1) is 0 Å². The third-order valence-electron chi connectivity index (χ3n) is 2.12. The number of benzene rings is 1. The third-order valence-corrected chi connectivity index (χ3v) is 2.12. The highest BCUT2D eigenvalue weighted by molar-refractivity contribution is 5.72. The molecule has 1 atom stereocenters. The van der Waals surface area contributed by atoms with Crippen LogP contribution in [0.1, 0.15) is 13.3 Å². The van der Waals surface area contributed by atoms with E-state index in [0.29, 0.717) is 6.42 Å². The van der Waals surface area contributed by atoms with Crippen molar-refractivity contribution in [2.75, 3.05) is 6.61 Å². The summed E-state index contributed by atoms with van der Waals surface area (Å²) in [7, 11) is 0. The molecule has 0 saturated heterocycles. The largest absolute Gasteiger partial charge is 0.389 e. The van der Waals surface area contributed by atoms with E-state index in [9.17, 15) is 5.11 Å². The van der Waals surface area contributed by atoms with E-state index in [-0.39, 0.29) is 6.61 Å². The molecule has 1 N–H and O–H groups in total. The van der Waals surface area contributed by atoms with Gasteiger partial charge in [-0.25, -0.2) is 0 Å². The van der Waals surface area contributed by atoms with Crippen molar-refractivity contribution in [3.05, 3.63) is 24.3 Å². The molecule has 80 valence electrons. The lowest BCUT2D eigenvalue weighted by Crippen LogP contribution is -2.24. The van der Waals surface area contributed by atoms with Gasteiger partial charge < -0.3 is 9.94 Å². The first-order chi connectivity index (χ1) is 7.29. The molecule has 0 aliphatic rings. The molecule has 1 heterocycles. The van der Waals surface area contributed by atoms with E-state index in [1.54, 1.807) is 0 Å². The fourth-order valence-corrected chi connectivity index (χ4v) is 1.17. The lowest BCUT2D eigenvalue weighted by molar-refractivity contribution is -0.00611. The fourth-order valence-electron chi connectivity index (χ4n) is 1.17. The van der Waals surface area contributed by atoms with Gasteiger partial charge in [0, 0.05) is 0 Å². The molecule has 0 amide bonds. The first-order valence-corrected chi connectivity index (χ1v) is 4.93. The summed E-state index contributed by atoms with van der Waals surface area (Å²) in [6.45, 7) is 2.10. The van der Waals surface area contributed by atoms with Gasteiger partial charge in [0.15, 0.2) is 0 Å². The van der Waals surface area contributed by atoms with Crippen LogP contribution in [0.15, 0.2) is 24.3 Å². The smallest absolute Gasteiger partial charge is 0.144 e. The highest BCUT2D eigenvalue weighted by atomic mass is 16.7. The Bertz CT molecular complexity index is 408. The second kappa shape index (κ2) is 4.27. The van der Waals surface area contributed by atoms with Crippen molar-refractivity contribution in [3.63, 3.8) is 0 Å². The van der Waals surface area contributed by atoms with Gasteiger partial charge in [0.25, 0.3) is 0 Å². The minimum atomic E-state index is -0.473. The molecule has 15 heavy (non-hydrogen) atoms. The first-order valence-electron chi connectivity index (χ1n) is 4.93. The molecule has 2 rings (SSSR count). The minimum absolute atomic E-state index is 0.206. The zero-order valence-corrected chi connectivity index (χ0v) is 8.50. The van der Waals surface area contributed by atoms with E-state index < -0.39 is 6.10 Å². The SMILES string of the molecule is CCC(O)COn1nc2ccccc2n1. The zero-order chi connectivity index (χ0) is 10.7. The number of aromatic nitrogens is 3. The summed E-state index contributed by atoms with van der Waals surface area (Å²) in [5, 5.41) is 17.5. The van der Waals surface area contributed by atoms with E-state index >= 15 is 0 Å². The standard InChI is InChI=1S/C10H13N3O2/c1-2-8(14)7-15-13-11-9-5-3-4-6-10(9)12-13/h3-6,8,14H,2,7H2,1H3. The van der Waals surface area contributed by atoms with Crippen LogP contribution in [0.5, 0.6) is 0 Å². The lowest BCUT2D eigenvalue weighted by atomic mass is 10.3. The van der Waals surface area contributed by atoms with E-state index in [1.807, 2.05) is 31.2 Å². The summed E-state index contributed by atoms with van der Waals surface area (Å²) in [5.41, 5.74) is 1.56. The Balaban J connectivity index is 2.09. The number of rotatable bonds is 4. The van der Waals surface area contributed by atoms with E-state index in [1.165, 1.54) is 0 Å². The van der Waals surface area contributed by atoms with Crippen LogP contribution in [-0.4, -0.2) is 33.0 Å². The highest BCUT2D eigenvalue weighted by Crippen LogP contribution is 2.05. The molecule has 0 bridgehead atoms. The van der Waals surface area contributed by atoms with Crippen molar-refractivity contribution in [2.45, 2.75) is 19.4 Å². The molecule has 5 nitrogen and oxygen atoms in total. The van der Waals surface area contributed by atoms with E-state index in [2.05, 4.69) is 10.2 Å². The van der Waals surface area contributed by atoms with Gasteiger partial charge in [-0.15, -0.1) is 10.2 Å². The van der Waals surface area contributed by atoms with Gasteiger partial charge in [-0.05, 0) is 23.5 Å². The molecule has 5 heteroatoms. The van der Waals surface area contributed by atoms with Gasteiger partial charge in [-0.3, -0.25) is 0 Å². The number of fused-ring (bicyclic) bond motifs is 1. The molecular weight excluding hydrogens is 194 g/mol. The third kappa shape index (κ3) is 2.24. The van der Waals surface area contributed by atoms with Crippen molar-refractivity contribution in [2.24, 2.45) is 0 Å². The molecule has 1 aromatic carbocycles. The Morgan fingerprint density at radius 1 is 1.33 bits per heavy atom. The van der Waals surface area contributed by atoms with Crippen molar-refractivity contribution in [3.8, 4) is 0 Å². The molecule has 2 aromatic rings. The average molecular weight is 207 g/mol. The molecule has 0 aliphatic carbocycles. The van der Waals surface area contributed by atoms with E-state index in [0.717, 1.165) is 16.0 Å². The topological polar surface area (TPSA) is 60.2 Å². The van der Waals surface area contributed by atoms with Crippen LogP contribution in [0.3, 0.4) is 0 Å². The summed E-state index contributed by atoms with van der Waals surface area (Å²) in [5.74, 6) is 0. The van der Waals surface area contributed by atoms with Crippen molar-refractivity contribution in [1.29, 1.82) is 0 Å². The molecule has 1 unspecified atom stereocenters. The fraction of sp³-hybridized carbons (Fsp3) is 0.400. The molecule has 0 saturated carbocycles. The molecule has 0 fully saturated rings. The van der Waals surface area contributed by atoms with E-state index in [4.69, 9.17) is 4.84 Å². The van der Waals surface area contributed by atoms with Crippen LogP contribution >= 0.6 is 0 Å². The lowest BCUT2D eigenvalue weighted by Gasteiger charge is -2.06. The Morgan fingerprint density at radius 2 is 1.93 bits per heavy atom. The molecule has 0 aliphatic heterocycles. The monoisotopic (exact) mass is 207 g/mol. The number of aliphatic hydroxyl groups excluding tert-OH is 1. The predicted octanol–water partition coefficient (Wildman–Crippen LogP) is 0.631. The maximum atomic E-state index is 9.30. The molecular formula is C10H13N3O2. The van der Waals surface area contributed by atoms with Gasteiger partial charge >= 0.3 is 0 Å². The average Bonchev–Trinajstić information content (AvgIpc) is 2.68. The number of aliphatic hydroxyl groups is 1. The van der Waals surface area contributed by atoms with Gasteiger partial charge in [0.1, 0.15) is 17.6 Å². The predicted molar refractivity (Wildman–Crippen MR) is 55.3 cm³/mol. The number of nitrogens with zero attached hydrogens (tertiary/aromatic N) is 3. The van der Waals surface area contributed by atoms with Crippen LogP contribution in [0.25, 0.3) is 11.0 Å². The summed E-state index contributed by atoms with van der Waals surface area (Å²) < 4.78 is 0. The quantitative estimate of drug-likeness (QED) is 0.798.